The van der Waals surface area contributed by atoms with E-state index >= 15 is 0 Å². The second-order valence-electron chi connectivity index (χ2n) is 8.05. The predicted octanol–water partition coefficient (Wildman–Crippen LogP) is 2.03. The molecule has 0 aromatic heterocycles. The molecule has 6 heteroatoms. The molecular formula is C21H33N3O3. The number of benzene rings is 1. The van der Waals surface area contributed by atoms with Crippen LogP contribution in [0.3, 0.4) is 0 Å². The molecule has 2 amide bonds. The normalized spacial score (nSPS) is 15.6. The van der Waals surface area contributed by atoms with Gasteiger partial charge in [-0.3, -0.25) is 14.5 Å². The molecule has 0 bridgehead atoms. The number of rotatable bonds is 7. The standard InChI is InChI=1S/C21H33N3O3/c1-5-27-16-18-8-6-17(7-9-18)14-22-19(25)15-23-10-12-24(13-11-23)20(26)21(2,3)4/h6-9H,5,10-16H2,1-4H3,(H,22,25). The molecule has 27 heavy (non-hydrogen) atoms. The first kappa shape index (κ1) is 21.4. The number of ether oxygens (including phenoxy) is 1. The van der Waals surface area contributed by atoms with Crippen LogP contribution in [0.1, 0.15) is 38.8 Å². The molecule has 0 aliphatic carbocycles. The van der Waals surface area contributed by atoms with E-state index < -0.39 is 0 Å². The number of nitrogens with zero attached hydrogens (tertiary/aromatic N) is 2. The largest absolute Gasteiger partial charge is 0.377 e. The zero-order valence-electron chi connectivity index (χ0n) is 17.1. The van der Waals surface area contributed by atoms with Gasteiger partial charge in [0.25, 0.3) is 0 Å². The van der Waals surface area contributed by atoms with E-state index in [-0.39, 0.29) is 17.2 Å². The third kappa shape index (κ3) is 6.96. The Hall–Kier alpha value is -1.92. The molecule has 2 rings (SSSR count). The molecule has 0 radical (unpaired) electrons. The average molecular weight is 376 g/mol. The zero-order valence-corrected chi connectivity index (χ0v) is 17.1. The van der Waals surface area contributed by atoms with Crippen molar-refractivity contribution in [3.63, 3.8) is 0 Å². The smallest absolute Gasteiger partial charge is 0.234 e. The first-order valence-electron chi connectivity index (χ1n) is 9.73. The predicted molar refractivity (Wildman–Crippen MR) is 106 cm³/mol. The van der Waals surface area contributed by atoms with E-state index in [1.807, 2.05) is 56.9 Å². The summed E-state index contributed by atoms with van der Waals surface area (Å²) in [5.41, 5.74) is 1.86. The van der Waals surface area contributed by atoms with Gasteiger partial charge in [-0.25, -0.2) is 0 Å². The van der Waals surface area contributed by atoms with Gasteiger partial charge in [-0.1, -0.05) is 45.0 Å². The Bertz CT molecular complexity index is 615. The van der Waals surface area contributed by atoms with Crippen LogP contribution in [0, 0.1) is 5.41 Å². The number of nitrogens with one attached hydrogen (secondary N) is 1. The molecule has 0 spiro atoms. The fraction of sp³-hybridized carbons (Fsp3) is 0.619. The Morgan fingerprint density at radius 2 is 1.63 bits per heavy atom. The Kier molecular flexibility index (Phi) is 7.80. The van der Waals surface area contributed by atoms with Gasteiger partial charge in [-0.05, 0) is 18.1 Å². The van der Waals surface area contributed by atoms with Gasteiger partial charge in [0, 0.05) is 44.7 Å². The monoisotopic (exact) mass is 375 g/mol. The lowest BCUT2D eigenvalue weighted by atomic mass is 9.94. The molecule has 1 fully saturated rings. The molecule has 0 unspecified atom stereocenters. The topological polar surface area (TPSA) is 61.9 Å². The van der Waals surface area contributed by atoms with Gasteiger partial charge in [-0.15, -0.1) is 0 Å². The molecule has 1 N–H and O–H groups in total. The van der Waals surface area contributed by atoms with Crippen molar-refractivity contribution in [2.24, 2.45) is 5.41 Å². The molecule has 1 aliphatic rings. The fourth-order valence-corrected chi connectivity index (χ4v) is 3.02. The second-order valence-corrected chi connectivity index (χ2v) is 8.05. The van der Waals surface area contributed by atoms with Crippen LogP contribution >= 0.6 is 0 Å². The summed E-state index contributed by atoms with van der Waals surface area (Å²) in [5.74, 6) is 0.198. The summed E-state index contributed by atoms with van der Waals surface area (Å²) >= 11 is 0. The van der Waals surface area contributed by atoms with Crippen LogP contribution in [0.5, 0.6) is 0 Å². The highest BCUT2D eigenvalue weighted by molar-refractivity contribution is 5.81. The number of carbonyl (C=O) groups is 2. The lowest BCUT2D eigenvalue weighted by Crippen LogP contribution is -2.53. The summed E-state index contributed by atoms with van der Waals surface area (Å²) in [6.07, 6.45) is 0. The van der Waals surface area contributed by atoms with Crippen LogP contribution in [0.25, 0.3) is 0 Å². The average Bonchev–Trinajstić information content (AvgIpc) is 2.65. The van der Waals surface area contributed by atoms with E-state index in [0.29, 0.717) is 39.4 Å². The highest BCUT2D eigenvalue weighted by Crippen LogP contribution is 2.18. The van der Waals surface area contributed by atoms with Crippen molar-refractivity contribution in [1.82, 2.24) is 15.1 Å². The Morgan fingerprint density at radius 3 is 2.19 bits per heavy atom. The van der Waals surface area contributed by atoms with Crippen LogP contribution in [0.15, 0.2) is 24.3 Å². The van der Waals surface area contributed by atoms with Crippen molar-refractivity contribution >= 4 is 11.8 Å². The second kappa shape index (κ2) is 9.85. The lowest BCUT2D eigenvalue weighted by Gasteiger charge is -2.37. The van der Waals surface area contributed by atoms with Crippen LogP contribution < -0.4 is 5.32 Å². The van der Waals surface area contributed by atoms with Gasteiger partial charge in [0.15, 0.2) is 0 Å². The molecule has 1 saturated heterocycles. The molecule has 6 nitrogen and oxygen atoms in total. The third-order valence-corrected chi connectivity index (χ3v) is 4.65. The van der Waals surface area contributed by atoms with E-state index in [4.69, 9.17) is 4.74 Å². The minimum absolute atomic E-state index is 0.0176. The number of hydrogen-bond acceptors (Lipinski definition) is 4. The first-order chi connectivity index (χ1) is 12.8. The van der Waals surface area contributed by atoms with Gasteiger partial charge in [0.2, 0.25) is 11.8 Å². The van der Waals surface area contributed by atoms with Crippen molar-refractivity contribution in [3.8, 4) is 0 Å². The highest BCUT2D eigenvalue weighted by Gasteiger charge is 2.29. The van der Waals surface area contributed by atoms with Crippen molar-refractivity contribution in [2.75, 3.05) is 39.3 Å². The minimum Gasteiger partial charge on any atom is -0.377 e. The Morgan fingerprint density at radius 1 is 1.04 bits per heavy atom. The number of amides is 2. The first-order valence-corrected chi connectivity index (χ1v) is 9.73. The summed E-state index contributed by atoms with van der Waals surface area (Å²) < 4.78 is 5.38. The van der Waals surface area contributed by atoms with Gasteiger partial charge in [-0.2, -0.15) is 0 Å². The van der Waals surface area contributed by atoms with Gasteiger partial charge < -0.3 is 15.0 Å². The zero-order chi connectivity index (χ0) is 19.9. The summed E-state index contributed by atoms with van der Waals surface area (Å²) in [6.45, 7) is 12.9. The van der Waals surface area contributed by atoms with E-state index in [1.54, 1.807) is 0 Å². The maximum absolute atomic E-state index is 12.3. The Labute approximate surface area is 162 Å². The van der Waals surface area contributed by atoms with E-state index in [1.165, 1.54) is 0 Å². The minimum atomic E-state index is -0.349. The highest BCUT2D eigenvalue weighted by atomic mass is 16.5. The van der Waals surface area contributed by atoms with Crippen molar-refractivity contribution in [2.45, 2.75) is 40.8 Å². The lowest BCUT2D eigenvalue weighted by molar-refractivity contribution is -0.141. The number of piperazine rings is 1. The van der Waals surface area contributed by atoms with Gasteiger partial charge in [0.05, 0.1) is 13.2 Å². The van der Waals surface area contributed by atoms with Crippen LogP contribution in [0.2, 0.25) is 0 Å². The number of hydrogen-bond donors (Lipinski definition) is 1. The SMILES string of the molecule is CCOCc1ccc(CNC(=O)CN2CCN(C(=O)C(C)(C)C)CC2)cc1. The maximum atomic E-state index is 12.3. The molecule has 0 saturated carbocycles. The van der Waals surface area contributed by atoms with Crippen LogP contribution in [-0.4, -0.2) is 60.9 Å². The Balaban J connectivity index is 1.70. The van der Waals surface area contributed by atoms with Crippen molar-refractivity contribution < 1.29 is 14.3 Å². The quantitative estimate of drug-likeness (QED) is 0.792. The summed E-state index contributed by atoms with van der Waals surface area (Å²) in [7, 11) is 0. The van der Waals surface area contributed by atoms with Gasteiger partial charge in [0.1, 0.15) is 0 Å². The summed E-state index contributed by atoms with van der Waals surface area (Å²) in [4.78, 5) is 28.5. The molecule has 1 aromatic carbocycles. The van der Waals surface area contributed by atoms with Crippen LogP contribution in [0.4, 0.5) is 0 Å². The molecule has 1 aromatic rings. The molecule has 1 heterocycles. The third-order valence-electron chi connectivity index (χ3n) is 4.65. The molecule has 150 valence electrons. The van der Waals surface area contributed by atoms with Crippen LogP contribution in [-0.2, 0) is 27.5 Å². The van der Waals surface area contributed by atoms with Crippen molar-refractivity contribution in [1.29, 1.82) is 0 Å². The van der Waals surface area contributed by atoms with E-state index in [2.05, 4.69) is 10.2 Å². The van der Waals surface area contributed by atoms with Gasteiger partial charge >= 0.3 is 0 Å². The number of carbonyl (C=O) groups excluding carboxylic acids is 2. The van der Waals surface area contributed by atoms with E-state index in [0.717, 1.165) is 24.2 Å². The summed E-state index contributed by atoms with van der Waals surface area (Å²) in [5, 5.41) is 2.97. The molecule has 1 aliphatic heterocycles. The molecular weight excluding hydrogens is 342 g/mol. The summed E-state index contributed by atoms with van der Waals surface area (Å²) in [6, 6.07) is 8.10. The van der Waals surface area contributed by atoms with E-state index in [9.17, 15) is 9.59 Å². The maximum Gasteiger partial charge on any atom is 0.234 e. The fourth-order valence-electron chi connectivity index (χ4n) is 3.02. The van der Waals surface area contributed by atoms with Crippen molar-refractivity contribution in [3.05, 3.63) is 35.4 Å². The molecule has 0 atom stereocenters.